The van der Waals surface area contributed by atoms with E-state index in [-0.39, 0.29) is 58.9 Å². The van der Waals surface area contributed by atoms with Crippen LogP contribution in [0, 0.1) is 6.08 Å². The van der Waals surface area contributed by atoms with Gasteiger partial charge in [0, 0.05) is 21.7 Å². The van der Waals surface area contributed by atoms with Crippen LogP contribution in [-0.4, -0.2) is 6.71 Å². The molecule has 0 saturated carbocycles. The van der Waals surface area contributed by atoms with E-state index >= 15 is 0 Å². The molecule has 0 unspecified atom stereocenters. The van der Waals surface area contributed by atoms with Crippen LogP contribution in [0.2, 0.25) is 13.6 Å². The summed E-state index contributed by atoms with van der Waals surface area (Å²) in [6.45, 7) is 5.05. The summed E-state index contributed by atoms with van der Waals surface area (Å²) in [7, 11) is 0. The average Bonchev–Trinajstić information content (AvgIpc) is 2.12. The number of hydrogen-bond donors (Lipinski definition) is 0. The van der Waals surface area contributed by atoms with Gasteiger partial charge in [0.25, 0.3) is 0 Å². The summed E-state index contributed by atoms with van der Waals surface area (Å²) in [4.78, 5) is 0. The zero-order chi connectivity index (χ0) is 5.98. The molecule has 0 N–H and O–H groups in total. The van der Waals surface area contributed by atoms with Gasteiger partial charge in [-0.25, -0.2) is 6.08 Å². The SMILES string of the molecule is CB(C)C1=[C-]CC=C1.Cl.Cl.Cl.[Ti]. The van der Waals surface area contributed by atoms with Crippen molar-refractivity contribution < 1.29 is 21.7 Å². The van der Waals surface area contributed by atoms with Crippen molar-refractivity contribution >= 4 is 43.9 Å². The van der Waals surface area contributed by atoms with E-state index in [4.69, 9.17) is 0 Å². The van der Waals surface area contributed by atoms with E-state index in [2.05, 4.69) is 31.9 Å². The molecule has 0 aromatic heterocycles. The predicted octanol–water partition coefficient (Wildman–Crippen LogP) is 3.23. The molecular formula is C7H13BCl3Ti-. The molecule has 1 aliphatic rings. The quantitative estimate of drug-likeness (QED) is 0.502. The van der Waals surface area contributed by atoms with Gasteiger partial charge in [-0.15, -0.1) is 43.6 Å². The molecule has 1 aliphatic carbocycles. The monoisotopic (exact) mass is 261 g/mol. The molecule has 0 nitrogen and oxygen atoms in total. The van der Waals surface area contributed by atoms with E-state index in [9.17, 15) is 0 Å². The van der Waals surface area contributed by atoms with Crippen molar-refractivity contribution in [2.24, 2.45) is 0 Å². The maximum absolute atomic E-state index is 3.26. The minimum atomic E-state index is 0. The Balaban J connectivity index is -0.0000000800. The van der Waals surface area contributed by atoms with Crippen molar-refractivity contribution in [1.82, 2.24) is 0 Å². The van der Waals surface area contributed by atoms with Gasteiger partial charge in [-0.2, -0.15) is 6.08 Å². The third-order valence-corrected chi connectivity index (χ3v) is 1.34. The van der Waals surface area contributed by atoms with Crippen LogP contribution in [0.15, 0.2) is 17.6 Å². The molecule has 0 radical (unpaired) electrons. The first-order valence-corrected chi connectivity index (χ1v) is 3.08. The van der Waals surface area contributed by atoms with Gasteiger partial charge in [-0.1, -0.05) is 13.6 Å². The van der Waals surface area contributed by atoms with E-state index in [0.29, 0.717) is 6.71 Å². The summed E-state index contributed by atoms with van der Waals surface area (Å²) in [5.74, 6) is 0. The van der Waals surface area contributed by atoms with E-state index in [1.165, 1.54) is 5.47 Å². The molecule has 0 aliphatic heterocycles. The standard InChI is InChI=1S/C7H10B.3ClH.Ti/c1-8(2)7-5-3-4-6-7;;;;/h3,5H,4H2,1-2H3;3*1H;/q-1;;;;. The van der Waals surface area contributed by atoms with Gasteiger partial charge in [0.1, 0.15) is 6.71 Å². The maximum atomic E-state index is 3.26. The molecule has 0 aromatic rings. The number of hydrogen-bond acceptors (Lipinski definition) is 0. The third kappa shape index (κ3) is 7.76. The van der Waals surface area contributed by atoms with E-state index in [1.54, 1.807) is 0 Å². The van der Waals surface area contributed by atoms with Crippen molar-refractivity contribution in [2.75, 3.05) is 0 Å². The first-order chi connectivity index (χ1) is 3.80. The van der Waals surface area contributed by atoms with Crippen molar-refractivity contribution in [3.05, 3.63) is 23.7 Å². The molecule has 0 amide bonds. The second-order valence-electron chi connectivity index (χ2n) is 2.39. The zero-order valence-electron chi connectivity index (χ0n) is 7.16. The Morgan fingerprint density at radius 1 is 1.25 bits per heavy atom. The normalized spacial score (nSPS) is 11.0. The molecule has 1 rings (SSSR count). The van der Waals surface area contributed by atoms with Crippen molar-refractivity contribution in [2.45, 2.75) is 20.1 Å². The van der Waals surface area contributed by atoms with Gasteiger partial charge in [-0.05, 0) is 0 Å². The van der Waals surface area contributed by atoms with Crippen LogP contribution >= 0.6 is 37.2 Å². The Bertz CT molecular complexity index is 146. The molecule has 5 heteroatoms. The van der Waals surface area contributed by atoms with Gasteiger partial charge in [0.2, 0.25) is 0 Å². The Labute approximate surface area is 109 Å². The molecule has 0 saturated heterocycles. The topological polar surface area (TPSA) is 0 Å². The average molecular weight is 262 g/mol. The van der Waals surface area contributed by atoms with Crippen LogP contribution in [-0.2, 0) is 21.7 Å². The van der Waals surface area contributed by atoms with Crippen molar-refractivity contribution in [1.29, 1.82) is 0 Å². The Hall–Kier alpha value is 1.13. The Morgan fingerprint density at radius 2 is 1.75 bits per heavy atom. The minimum Gasteiger partial charge on any atom is -0.279 e. The van der Waals surface area contributed by atoms with Gasteiger partial charge in [-0.3, -0.25) is 11.5 Å². The molecule has 0 fully saturated rings. The summed E-state index contributed by atoms with van der Waals surface area (Å²) in [6, 6.07) is 0. The number of allylic oxidation sites excluding steroid dienone is 4. The Kier molecular flexibility index (Phi) is 23.4. The number of rotatable bonds is 1. The third-order valence-electron chi connectivity index (χ3n) is 1.34. The molecule has 70 valence electrons. The Morgan fingerprint density at radius 3 is 1.92 bits per heavy atom. The van der Waals surface area contributed by atoms with Gasteiger partial charge in [0.15, 0.2) is 0 Å². The molecule has 12 heavy (non-hydrogen) atoms. The zero-order valence-corrected chi connectivity index (χ0v) is 11.2. The van der Waals surface area contributed by atoms with Crippen LogP contribution in [0.25, 0.3) is 0 Å². The summed E-state index contributed by atoms with van der Waals surface area (Å²) < 4.78 is 0. The van der Waals surface area contributed by atoms with Crippen LogP contribution in [0.3, 0.4) is 0 Å². The van der Waals surface area contributed by atoms with Gasteiger partial charge in [0.05, 0.1) is 0 Å². The van der Waals surface area contributed by atoms with Crippen LogP contribution in [0.5, 0.6) is 0 Å². The largest absolute Gasteiger partial charge is 0.279 e. The molecular weight excluding hydrogens is 249 g/mol. The smallest absolute Gasteiger partial charge is 0.129 e. The van der Waals surface area contributed by atoms with E-state index in [1.807, 2.05) is 0 Å². The fourth-order valence-electron chi connectivity index (χ4n) is 0.818. The van der Waals surface area contributed by atoms with E-state index in [0.717, 1.165) is 6.42 Å². The van der Waals surface area contributed by atoms with E-state index < -0.39 is 0 Å². The molecule has 0 bridgehead atoms. The van der Waals surface area contributed by atoms with Crippen molar-refractivity contribution in [3.63, 3.8) is 0 Å². The fraction of sp³-hybridized carbons (Fsp3) is 0.429. The maximum Gasteiger partial charge on any atom is 0.129 e. The molecule has 0 heterocycles. The van der Waals surface area contributed by atoms with Crippen LogP contribution < -0.4 is 0 Å². The van der Waals surface area contributed by atoms with Crippen LogP contribution in [0.4, 0.5) is 0 Å². The predicted molar refractivity (Wildman–Crippen MR) is 59.7 cm³/mol. The molecule has 0 aromatic carbocycles. The summed E-state index contributed by atoms with van der Waals surface area (Å²) >= 11 is 0. The van der Waals surface area contributed by atoms with Gasteiger partial charge >= 0.3 is 0 Å². The second kappa shape index (κ2) is 12.1. The van der Waals surface area contributed by atoms with Crippen molar-refractivity contribution in [3.8, 4) is 0 Å². The molecule has 0 atom stereocenters. The first-order valence-electron chi connectivity index (χ1n) is 3.08. The van der Waals surface area contributed by atoms with Gasteiger partial charge < -0.3 is 0 Å². The summed E-state index contributed by atoms with van der Waals surface area (Å²) in [6.07, 6.45) is 8.59. The second-order valence-corrected chi connectivity index (χ2v) is 2.39. The van der Waals surface area contributed by atoms with Crippen LogP contribution in [0.1, 0.15) is 6.42 Å². The number of halogens is 3. The minimum absolute atomic E-state index is 0. The fourth-order valence-corrected chi connectivity index (χ4v) is 0.818. The first kappa shape index (κ1) is 23.2. The summed E-state index contributed by atoms with van der Waals surface area (Å²) in [5, 5.41) is 0. The molecule has 0 spiro atoms. The summed E-state index contributed by atoms with van der Waals surface area (Å²) in [5.41, 5.74) is 1.37.